The first-order chi connectivity index (χ1) is 16.3. The third-order valence-electron chi connectivity index (χ3n) is 5.31. The van der Waals surface area contributed by atoms with Crippen LogP contribution in [-0.2, 0) is 21.1 Å². The number of hydrogen-bond acceptors (Lipinski definition) is 4. The molecule has 3 heterocycles. The fraction of sp³-hybridized carbons (Fsp3) is 0. The summed E-state index contributed by atoms with van der Waals surface area (Å²) < 4.78 is 2.98. The molecule has 166 valence electrons. The number of hydrogen-bond donors (Lipinski definition) is 0. The Kier molecular flexibility index (Phi) is 6.39. The molecule has 0 N–H and O–H groups in total. The van der Waals surface area contributed by atoms with Crippen molar-refractivity contribution < 1.29 is 21.1 Å². The van der Waals surface area contributed by atoms with Gasteiger partial charge in [-0.3, -0.25) is 11.3 Å². The van der Waals surface area contributed by atoms with Crippen LogP contribution in [0.3, 0.4) is 0 Å². The third kappa shape index (κ3) is 4.33. The van der Waals surface area contributed by atoms with Gasteiger partial charge in [0.1, 0.15) is 5.82 Å². The van der Waals surface area contributed by atoms with Crippen molar-refractivity contribution in [1.82, 2.24) is 14.8 Å². The molecule has 0 saturated heterocycles. The van der Waals surface area contributed by atoms with Crippen molar-refractivity contribution >= 4 is 38.6 Å². The number of benzene rings is 3. The largest absolute Gasteiger partial charge is 2.00 e. The van der Waals surface area contributed by atoms with E-state index in [-0.39, 0.29) is 21.1 Å². The number of anilines is 3. The smallest absolute Gasteiger partial charge is 0.314 e. The van der Waals surface area contributed by atoms with E-state index in [9.17, 15) is 0 Å². The van der Waals surface area contributed by atoms with Crippen LogP contribution < -0.4 is 4.90 Å². The SMILES string of the molecule is [Pt+2].[c-]1c(-c2[c-]c3ccccc3s2)cccc1N(c1ccccc1)c1cccc(-n2cccn2)n1. The summed E-state index contributed by atoms with van der Waals surface area (Å²) in [5.74, 6) is 1.55. The second-order valence-electron chi connectivity index (χ2n) is 7.48. The van der Waals surface area contributed by atoms with Gasteiger partial charge in [-0.05, 0) is 36.0 Å². The minimum atomic E-state index is 0. The minimum Gasteiger partial charge on any atom is -0.314 e. The molecule has 0 fully saturated rings. The van der Waals surface area contributed by atoms with Gasteiger partial charge in [-0.2, -0.15) is 29.4 Å². The number of para-hydroxylation sites is 1. The Balaban J connectivity index is 0.00000241. The van der Waals surface area contributed by atoms with Crippen molar-refractivity contribution in [2.45, 2.75) is 0 Å². The minimum absolute atomic E-state index is 0. The molecule has 0 aliphatic rings. The average Bonchev–Trinajstić information content (AvgIpc) is 3.56. The molecular weight excluding hydrogens is 619 g/mol. The maximum Gasteiger partial charge on any atom is 2.00 e. The summed E-state index contributed by atoms with van der Waals surface area (Å²) in [5, 5.41) is 5.46. The zero-order chi connectivity index (χ0) is 22.0. The number of fused-ring (bicyclic) bond motifs is 1. The van der Waals surface area contributed by atoms with Crippen molar-refractivity contribution in [2.24, 2.45) is 0 Å². The van der Waals surface area contributed by atoms with Crippen molar-refractivity contribution in [3.8, 4) is 16.3 Å². The molecule has 0 saturated carbocycles. The quantitative estimate of drug-likeness (QED) is 0.187. The number of nitrogens with zero attached hydrogens (tertiary/aromatic N) is 4. The summed E-state index contributed by atoms with van der Waals surface area (Å²) in [6, 6.07) is 39.8. The van der Waals surface area contributed by atoms with Gasteiger partial charge in [0.25, 0.3) is 0 Å². The van der Waals surface area contributed by atoms with Crippen LogP contribution in [-0.4, -0.2) is 14.8 Å². The van der Waals surface area contributed by atoms with Crippen LogP contribution in [0.25, 0.3) is 26.3 Å². The van der Waals surface area contributed by atoms with Crippen molar-refractivity contribution in [2.75, 3.05) is 4.90 Å². The first-order valence-electron chi connectivity index (χ1n) is 10.6. The van der Waals surface area contributed by atoms with E-state index in [1.807, 2.05) is 54.7 Å². The Morgan fingerprint density at radius 2 is 1.59 bits per heavy atom. The molecule has 0 aliphatic carbocycles. The Morgan fingerprint density at radius 3 is 2.41 bits per heavy atom. The van der Waals surface area contributed by atoms with E-state index in [2.05, 4.69) is 70.7 Å². The first-order valence-corrected chi connectivity index (χ1v) is 11.4. The zero-order valence-corrected chi connectivity index (χ0v) is 21.0. The van der Waals surface area contributed by atoms with E-state index in [1.165, 1.54) is 4.70 Å². The molecular formula is C28H18N4PtS. The Bertz CT molecular complexity index is 1490. The topological polar surface area (TPSA) is 34.0 Å². The molecule has 4 nitrogen and oxygen atoms in total. The number of thiophene rings is 1. The van der Waals surface area contributed by atoms with Crippen LogP contribution in [0.2, 0.25) is 0 Å². The normalized spacial score (nSPS) is 10.7. The van der Waals surface area contributed by atoms with Crippen LogP contribution in [0, 0.1) is 12.1 Å². The van der Waals surface area contributed by atoms with Gasteiger partial charge in [0.05, 0.1) is 0 Å². The first kappa shape index (κ1) is 22.3. The van der Waals surface area contributed by atoms with E-state index in [1.54, 1.807) is 22.2 Å². The summed E-state index contributed by atoms with van der Waals surface area (Å²) >= 11 is 1.73. The van der Waals surface area contributed by atoms with Gasteiger partial charge in [-0.1, -0.05) is 41.1 Å². The maximum atomic E-state index is 4.91. The van der Waals surface area contributed by atoms with Gasteiger partial charge in [0, 0.05) is 18.1 Å². The standard InChI is InChI=1S/C28H18N4S.Pt/c1-2-11-23(12-3-1)32(28-16-7-15-27(30-28)31-18-8-17-29-31)24-13-6-10-21(19-24)26-20-22-9-4-5-14-25(22)33-26;/h1-18H;/q-2;+2. The number of rotatable bonds is 5. The molecule has 3 aromatic heterocycles. The fourth-order valence-electron chi connectivity index (χ4n) is 3.80. The molecule has 0 radical (unpaired) electrons. The van der Waals surface area contributed by atoms with Crippen LogP contribution in [0.4, 0.5) is 17.2 Å². The van der Waals surface area contributed by atoms with Crippen molar-refractivity contribution in [3.05, 3.63) is 122 Å². The fourth-order valence-corrected chi connectivity index (χ4v) is 4.78. The second-order valence-corrected chi connectivity index (χ2v) is 8.53. The molecule has 0 atom stereocenters. The monoisotopic (exact) mass is 637 g/mol. The number of aromatic nitrogens is 3. The van der Waals surface area contributed by atoms with Crippen LogP contribution in [0.5, 0.6) is 0 Å². The van der Waals surface area contributed by atoms with E-state index in [0.717, 1.165) is 38.8 Å². The van der Waals surface area contributed by atoms with Gasteiger partial charge < -0.3 is 4.90 Å². The van der Waals surface area contributed by atoms with E-state index >= 15 is 0 Å². The predicted molar refractivity (Wildman–Crippen MR) is 135 cm³/mol. The summed E-state index contributed by atoms with van der Waals surface area (Å²) in [5.41, 5.74) is 2.93. The molecule has 6 heteroatoms. The molecule has 6 aromatic rings. The Labute approximate surface area is 216 Å². The molecule has 34 heavy (non-hydrogen) atoms. The molecule has 0 spiro atoms. The van der Waals surface area contributed by atoms with Gasteiger partial charge in [0.2, 0.25) is 0 Å². The maximum absolute atomic E-state index is 4.91. The van der Waals surface area contributed by atoms with Crippen molar-refractivity contribution in [3.63, 3.8) is 0 Å². The van der Waals surface area contributed by atoms with Crippen LogP contribution in [0.1, 0.15) is 0 Å². The summed E-state index contributed by atoms with van der Waals surface area (Å²) in [6.45, 7) is 0. The van der Waals surface area contributed by atoms with E-state index in [0.29, 0.717) is 0 Å². The number of pyridine rings is 1. The van der Waals surface area contributed by atoms with Crippen LogP contribution in [0.15, 0.2) is 109 Å². The predicted octanol–water partition coefficient (Wildman–Crippen LogP) is 7.22. The molecule has 0 bridgehead atoms. The van der Waals surface area contributed by atoms with Crippen molar-refractivity contribution in [1.29, 1.82) is 0 Å². The Hall–Kier alpha value is -3.53. The molecule has 6 rings (SSSR count). The molecule has 0 unspecified atom stereocenters. The van der Waals surface area contributed by atoms with E-state index < -0.39 is 0 Å². The van der Waals surface area contributed by atoms with Gasteiger partial charge in [0.15, 0.2) is 5.82 Å². The zero-order valence-electron chi connectivity index (χ0n) is 17.9. The summed E-state index contributed by atoms with van der Waals surface area (Å²) in [4.78, 5) is 8.10. The van der Waals surface area contributed by atoms with Crippen LogP contribution >= 0.6 is 11.3 Å². The molecule has 0 amide bonds. The Morgan fingerprint density at radius 1 is 0.765 bits per heavy atom. The van der Waals surface area contributed by atoms with Gasteiger partial charge >= 0.3 is 21.1 Å². The van der Waals surface area contributed by atoms with Gasteiger partial charge in [-0.25, -0.2) is 15.2 Å². The molecule has 3 aromatic carbocycles. The van der Waals surface area contributed by atoms with Gasteiger partial charge in [-0.15, -0.1) is 28.5 Å². The summed E-state index contributed by atoms with van der Waals surface area (Å²) in [6.07, 6.45) is 3.64. The summed E-state index contributed by atoms with van der Waals surface area (Å²) in [7, 11) is 0. The third-order valence-corrected chi connectivity index (χ3v) is 6.42. The van der Waals surface area contributed by atoms with E-state index in [4.69, 9.17) is 4.98 Å². The molecule has 0 aliphatic heterocycles. The second kappa shape index (κ2) is 9.76. The average molecular weight is 638 g/mol.